The van der Waals surface area contributed by atoms with Crippen LogP contribution in [0.4, 0.5) is 5.69 Å². The molecule has 0 saturated carbocycles. The molecule has 124 valence electrons. The molecule has 1 aliphatic rings. The molecule has 0 bridgehead atoms. The van der Waals surface area contributed by atoms with Crippen molar-refractivity contribution < 1.29 is 14.3 Å². The van der Waals surface area contributed by atoms with E-state index in [2.05, 4.69) is 5.32 Å². The molecule has 1 heterocycles. The number of hydrogen-bond donors (Lipinski definition) is 4. The van der Waals surface area contributed by atoms with Gasteiger partial charge in [0.05, 0.1) is 5.70 Å². The van der Waals surface area contributed by atoms with Crippen LogP contribution in [0.15, 0.2) is 42.1 Å². The van der Waals surface area contributed by atoms with Crippen LogP contribution in [-0.4, -0.2) is 19.7 Å². The van der Waals surface area contributed by atoms with Crippen molar-refractivity contribution in [3.05, 3.63) is 47.7 Å². The quantitative estimate of drug-likeness (QED) is 0.490. The van der Waals surface area contributed by atoms with Crippen LogP contribution in [0.2, 0.25) is 0 Å². The lowest BCUT2D eigenvalue weighted by molar-refractivity contribution is -0.114. The highest BCUT2D eigenvalue weighted by atomic mass is 16.7. The molecule has 2 aromatic rings. The number of carbonyl (C=O) groups excluding carboxylic acids is 1. The van der Waals surface area contributed by atoms with E-state index in [-0.39, 0.29) is 12.5 Å². The molecule has 1 aliphatic heterocycles. The fraction of sp³-hybridized carbons (Fsp3) is 0.118. The molecule has 3 rings (SSSR count). The third-order valence-corrected chi connectivity index (χ3v) is 3.84. The molecule has 0 aliphatic carbocycles. The second-order valence-electron chi connectivity index (χ2n) is 5.24. The predicted octanol–water partition coefficient (Wildman–Crippen LogP) is 0.997. The van der Waals surface area contributed by atoms with Crippen LogP contribution in [-0.2, 0) is 4.79 Å². The minimum Gasteiger partial charge on any atom is -0.454 e. The van der Waals surface area contributed by atoms with E-state index in [0.717, 1.165) is 11.1 Å². The Bertz CT molecular complexity index is 846. The van der Waals surface area contributed by atoms with Crippen molar-refractivity contribution in [1.82, 2.24) is 5.32 Å². The highest BCUT2D eigenvalue weighted by Gasteiger charge is 2.18. The fourth-order valence-corrected chi connectivity index (χ4v) is 2.64. The molecule has 0 fully saturated rings. The van der Waals surface area contributed by atoms with E-state index in [1.165, 1.54) is 0 Å². The highest BCUT2D eigenvalue weighted by molar-refractivity contribution is 6.01. The van der Waals surface area contributed by atoms with E-state index in [9.17, 15) is 4.79 Å². The minimum atomic E-state index is -0.716. The van der Waals surface area contributed by atoms with E-state index in [1.54, 1.807) is 13.1 Å². The Morgan fingerprint density at radius 2 is 1.88 bits per heavy atom. The number of rotatable bonds is 4. The van der Waals surface area contributed by atoms with Crippen LogP contribution in [0, 0.1) is 0 Å². The summed E-state index contributed by atoms with van der Waals surface area (Å²) in [7, 11) is 1.65. The predicted molar refractivity (Wildman–Crippen MR) is 91.8 cm³/mol. The van der Waals surface area contributed by atoms with Crippen LogP contribution in [0.1, 0.15) is 5.56 Å². The van der Waals surface area contributed by atoms with Gasteiger partial charge >= 0.3 is 0 Å². The Kier molecular flexibility index (Phi) is 3.91. The van der Waals surface area contributed by atoms with Gasteiger partial charge in [-0.05, 0) is 17.7 Å². The number of nitrogens with two attached hydrogens (primary N) is 3. The number of para-hydroxylation sites is 1. The molecule has 2 aromatic carbocycles. The van der Waals surface area contributed by atoms with Gasteiger partial charge in [-0.15, -0.1) is 0 Å². The first-order valence-corrected chi connectivity index (χ1v) is 7.29. The first-order chi connectivity index (χ1) is 11.5. The Hall–Kier alpha value is -3.35. The molecule has 0 unspecified atom stereocenters. The van der Waals surface area contributed by atoms with Crippen LogP contribution in [0.25, 0.3) is 16.8 Å². The summed E-state index contributed by atoms with van der Waals surface area (Å²) < 4.78 is 10.7. The van der Waals surface area contributed by atoms with Crippen LogP contribution in [0.5, 0.6) is 11.5 Å². The molecule has 0 atom stereocenters. The molecular weight excluding hydrogens is 308 g/mol. The summed E-state index contributed by atoms with van der Waals surface area (Å²) >= 11 is 0. The molecule has 7 heteroatoms. The van der Waals surface area contributed by atoms with Crippen LogP contribution in [0.3, 0.4) is 0 Å². The van der Waals surface area contributed by atoms with E-state index in [0.29, 0.717) is 28.4 Å². The van der Waals surface area contributed by atoms with Gasteiger partial charge in [0.15, 0.2) is 11.5 Å². The van der Waals surface area contributed by atoms with Crippen molar-refractivity contribution in [3.8, 4) is 22.6 Å². The molecule has 0 radical (unpaired) electrons. The topological polar surface area (TPSA) is 126 Å². The van der Waals surface area contributed by atoms with Crippen molar-refractivity contribution >= 4 is 17.3 Å². The lowest BCUT2D eigenvalue weighted by Gasteiger charge is -2.15. The largest absolute Gasteiger partial charge is 0.454 e. The van der Waals surface area contributed by atoms with Crippen LogP contribution < -0.4 is 32.0 Å². The summed E-state index contributed by atoms with van der Waals surface area (Å²) in [6.07, 6.45) is 0. The standard InChI is InChI=1S/C17H18N4O3/c1-21-16(15(19)17(20)22)11-4-2-3-10(14(11)18)9-5-6-12-13(7-9)24-8-23-12/h2-7,21H,8,18-19H2,1H3,(H2,20,22)/b16-15+. The Morgan fingerprint density at radius 3 is 2.58 bits per heavy atom. The molecule has 7 nitrogen and oxygen atoms in total. The second-order valence-corrected chi connectivity index (χ2v) is 5.24. The number of benzene rings is 2. The lowest BCUT2D eigenvalue weighted by atomic mass is 9.97. The number of primary amides is 1. The van der Waals surface area contributed by atoms with Gasteiger partial charge in [0.2, 0.25) is 6.79 Å². The maximum absolute atomic E-state index is 11.4. The summed E-state index contributed by atoms with van der Waals surface area (Å²) in [5.74, 6) is 0.646. The minimum absolute atomic E-state index is 0.0768. The van der Waals surface area contributed by atoms with Gasteiger partial charge in [0.25, 0.3) is 5.91 Å². The van der Waals surface area contributed by atoms with Gasteiger partial charge < -0.3 is 32.0 Å². The molecule has 0 saturated heterocycles. The van der Waals surface area contributed by atoms with Gasteiger partial charge in [-0.25, -0.2) is 0 Å². The fourth-order valence-electron chi connectivity index (χ4n) is 2.64. The summed E-state index contributed by atoms with van der Waals surface area (Å²) in [6.45, 7) is 0.204. The summed E-state index contributed by atoms with van der Waals surface area (Å²) in [6, 6.07) is 11.1. The molecule has 24 heavy (non-hydrogen) atoms. The Morgan fingerprint density at radius 1 is 1.12 bits per heavy atom. The Balaban J connectivity index is 2.12. The molecule has 7 N–H and O–H groups in total. The summed E-state index contributed by atoms with van der Waals surface area (Å²) in [4.78, 5) is 11.4. The number of nitrogen functional groups attached to an aromatic ring is 1. The number of ether oxygens (including phenoxy) is 2. The van der Waals surface area contributed by atoms with Gasteiger partial charge in [-0.3, -0.25) is 4.79 Å². The van der Waals surface area contributed by atoms with E-state index < -0.39 is 5.91 Å². The molecule has 0 aromatic heterocycles. The number of anilines is 1. The Labute approximate surface area is 139 Å². The third kappa shape index (κ3) is 2.56. The molecular formula is C17H18N4O3. The first kappa shape index (κ1) is 15.5. The van der Waals surface area contributed by atoms with Gasteiger partial charge in [-0.2, -0.15) is 0 Å². The molecule has 0 spiro atoms. The highest BCUT2D eigenvalue weighted by Crippen LogP contribution is 2.38. The number of hydrogen-bond acceptors (Lipinski definition) is 6. The van der Waals surface area contributed by atoms with Crippen molar-refractivity contribution in [1.29, 1.82) is 0 Å². The average molecular weight is 326 g/mol. The molecule has 1 amide bonds. The lowest BCUT2D eigenvalue weighted by Crippen LogP contribution is -2.25. The van der Waals surface area contributed by atoms with E-state index in [4.69, 9.17) is 26.7 Å². The second kappa shape index (κ2) is 6.04. The smallest absolute Gasteiger partial charge is 0.266 e. The van der Waals surface area contributed by atoms with Crippen molar-refractivity contribution in [2.24, 2.45) is 11.5 Å². The normalized spacial score (nSPS) is 13.4. The van der Waals surface area contributed by atoms with Gasteiger partial charge in [0, 0.05) is 23.9 Å². The van der Waals surface area contributed by atoms with Crippen LogP contribution >= 0.6 is 0 Å². The number of nitrogens with one attached hydrogen (secondary N) is 1. The maximum Gasteiger partial charge on any atom is 0.266 e. The zero-order valence-corrected chi connectivity index (χ0v) is 13.1. The van der Waals surface area contributed by atoms with Crippen molar-refractivity contribution in [3.63, 3.8) is 0 Å². The average Bonchev–Trinajstić information content (AvgIpc) is 3.04. The first-order valence-electron chi connectivity index (χ1n) is 7.29. The zero-order chi connectivity index (χ0) is 17.3. The monoisotopic (exact) mass is 326 g/mol. The van der Waals surface area contributed by atoms with E-state index >= 15 is 0 Å². The number of fused-ring (bicyclic) bond motifs is 1. The van der Waals surface area contributed by atoms with Gasteiger partial charge in [-0.1, -0.05) is 24.3 Å². The maximum atomic E-state index is 11.4. The van der Waals surface area contributed by atoms with Gasteiger partial charge in [0.1, 0.15) is 5.70 Å². The number of amides is 1. The SMILES string of the molecule is CN/C(=C(/N)C(N)=O)c1cccc(-c2ccc3c(c2)OCO3)c1N. The van der Waals surface area contributed by atoms with Crippen molar-refractivity contribution in [2.75, 3.05) is 19.6 Å². The zero-order valence-electron chi connectivity index (χ0n) is 13.1. The third-order valence-electron chi connectivity index (χ3n) is 3.84. The van der Waals surface area contributed by atoms with Crippen molar-refractivity contribution in [2.45, 2.75) is 0 Å². The van der Waals surface area contributed by atoms with E-state index in [1.807, 2.05) is 30.3 Å². The summed E-state index contributed by atoms with van der Waals surface area (Å²) in [5.41, 5.74) is 20.4. The summed E-state index contributed by atoms with van der Waals surface area (Å²) in [5, 5.41) is 2.89. The number of carbonyl (C=O) groups is 1.